The average molecular weight is 507 g/mol. The van der Waals surface area contributed by atoms with Crippen LogP contribution in [0.15, 0.2) is 42.5 Å². The minimum atomic E-state index is -4.40. The van der Waals surface area contributed by atoms with Crippen molar-refractivity contribution in [2.75, 3.05) is 23.3 Å². The Labute approximate surface area is 203 Å². The molecule has 34 heavy (non-hydrogen) atoms. The monoisotopic (exact) mass is 506 g/mol. The molecule has 0 unspecified atom stereocenters. The molecule has 6 nitrogen and oxygen atoms in total. The van der Waals surface area contributed by atoms with Gasteiger partial charge in [-0.25, -0.2) is 4.98 Å². The number of benzene rings is 2. The van der Waals surface area contributed by atoms with Crippen molar-refractivity contribution in [1.82, 2.24) is 19.9 Å². The summed E-state index contributed by atoms with van der Waals surface area (Å²) in [5.74, 6) is 1.54. The molecule has 1 aliphatic heterocycles. The molecule has 2 N–H and O–H groups in total. The first-order valence-corrected chi connectivity index (χ1v) is 11.4. The Hall–Kier alpha value is -3.04. The van der Waals surface area contributed by atoms with Crippen LogP contribution in [0, 0.1) is 0 Å². The van der Waals surface area contributed by atoms with E-state index in [0.717, 1.165) is 43.6 Å². The molecule has 0 bridgehead atoms. The van der Waals surface area contributed by atoms with Gasteiger partial charge in [-0.2, -0.15) is 23.1 Å². The SMILES string of the molecule is FC(F)(F)c1ccc(Nc2nc(N3CCCC3)nc3nc(Cc4c(Cl)cccc4Cl)[nH]c23)cc1. The van der Waals surface area contributed by atoms with Crippen molar-refractivity contribution in [3.63, 3.8) is 0 Å². The number of hydrogen-bond donors (Lipinski definition) is 2. The molecule has 5 rings (SSSR count). The van der Waals surface area contributed by atoms with Crippen molar-refractivity contribution in [2.45, 2.75) is 25.4 Å². The lowest BCUT2D eigenvalue weighted by atomic mass is 10.1. The van der Waals surface area contributed by atoms with Crippen molar-refractivity contribution < 1.29 is 13.2 Å². The van der Waals surface area contributed by atoms with Gasteiger partial charge in [-0.05, 0) is 54.8 Å². The van der Waals surface area contributed by atoms with Gasteiger partial charge < -0.3 is 15.2 Å². The Morgan fingerprint density at radius 2 is 1.62 bits per heavy atom. The molecule has 0 radical (unpaired) electrons. The predicted octanol–water partition coefficient (Wildman–Crippen LogP) is 6.61. The second-order valence-electron chi connectivity index (χ2n) is 8.03. The third-order valence-corrected chi connectivity index (χ3v) is 6.37. The van der Waals surface area contributed by atoms with E-state index in [1.54, 1.807) is 18.2 Å². The highest BCUT2D eigenvalue weighted by atomic mass is 35.5. The number of aromatic amines is 1. The summed E-state index contributed by atoms with van der Waals surface area (Å²) in [5, 5.41) is 4.18. The lowest BCUT2D eigenvalue weighted by Gasteiger charge is -2.16. The van der Waals surface area contributed by atoms with Crippen LogP contribution in [0.3, 0.4) is 0 Å². The van der Waals surface area contributed by atoms with Crippen LogP contribution in [0.1, 0.15) is 29.8 Å². The molecule has 3 heterocycles. The number of alkyl halides is 3. The van der Waals surface area contributed by atoms with E-state index in [1.807, 2.05) is 0 Å². The van der Waals surface area contributed by atoms with E-state index < -0.39 is 11.7 Å². The molecule has 0 atom stereocenters. The van der Waals surface area contributed by atoms with E-state index in [4.69, 9.17) is 23.2 Å². The number of rotatable bonds is 5. The van der Waals surface area contributed by atoms with Crippen LogP contribution in [0.2, 0.25) is 10.0 Å². The van der Waals surface area contributed by atoms with Crippen LogP contribution in [0.4, 0.5) is 30.6 Å². The van der Waals surface area contributed by atoms with Gasteiger partial charge in [-0.1, -0.05) is 29.3 Å². The second kappa shape index (κ2) is 8.96. The van der Waals surface area contributed by atoms with Crippen LogP contribution in [0.25, 0.3) is 11.2 Å². The van der Waals surface area contributed by atoms with E-state index in [0.29, 0.717) is 50.9 Å². The zero-order chi connectivity index (χ0) is 23.9. The Kier molecular flexibility index (Phi) is 5.99. The summed E-state index contributed by atoms with van der Waals surface area (Å²) >= 11 is 12.6. The average Bonchev–Trinajstić information content (AvgIpc) is 3.46. The van der Waals surface area contributed by atoms with Crippen LogP contribution in [-0.4, -0.2) is 33.0 Å². The van der Waals surface area contributed by atoms with Gasteiger partial charge in [0.15, 0.2) is 11.5 Å². The molecule has 1 aliphatic rings. The number of anilines is 3. The standard InChI is InChI=1S/C23H19Cl2F3N6/c24-16-4-3-5-17(25)15(16)12-18-30-19-20(29-14-8-6-13(7-9-14)23(26,27)28)32-22(33-21(19)31-18)34-10-1-2-11-34/h3-9H,1-2,10-12H2,(H2,29,30,31,32,33). The predicted molar refractivity (Wildman–Crippen MR) is 127 cm³/mol. The summed E-state index contributed by atoms with van der Waals surface area (Å²) in [6.45, 7) is 1.66. The molecule has 1 saturated heterocycles. The molecular formula is C23H19Cl2F3N6. The maximum Gasteiger partial charge on any atom is 0.416 e. The highest BCUT2D eigenvalue weighted by molar-refractivity contribution is 6.36. The molecular weight excluding hydrogens is 488 g/mol. The Morgan fingerprint density at radius 3 is 2.26 bits per heavy atom. The Morgan fingerprint density at radius 1 is 0.941 bits per heavy atom. The second-order valence-corrected chi connectivity index (χ2v) is 8.84. The lowest BCUT2D eigenvalue weighted by molar-refractivity contribution is -0.137. The summed E-state index contributed by atoms with van der Waals surface area (Å²) in [5.41, 5.74) is 1.47. The van der Waals surface area contributed by atoms with Crippen LogP contribution >= 0.6 is 23.2 Å². The van der Waals surface area contributed by atoms with Gasteiger partial charge in [0, 0.05) is 35.2 Å². The third kappa shape index (κ3) is 4.63. The molecule has 0 aliphatic carbocycles. The fourth-order valence-electron chi connectivity index (χ4n) is 3.91. The molecule has 1 fully saturated rings. The van der Waals surface area contributed by atoms with Crippen molar-refractivity contribution in [3.05, 3.63) is 69.5 Å². The van der Waals surface area contributed by atoms with Gasteiger partial charge in [-0.3, -0.25) is 0 Å². The number of halogens is 5. The largest absolute Gasteiger partial charge is 0.416 e. The molecule has 0 spiro atoms. The fraction of sp³-hybridized carbons (Fsp3) is 0.261. The molecule has 0 amide bonds. The molecule has 0 saturated carbocycles. The van der Waals surface area contributed by atoms with E-state index in [9.17, 15) is 13.2 Å². The minimum Gasteiger partial charge on any atom is -0.341 e. The van der Waals surface area contributed by atoms with Gasteiger partial charge in [-0.15, -0.1) is 0 Å². The number of hydrogen-bond acceptors (Lipinski definition) is 5. The quantitative estimate of drug-likeness (QED) is 0.318. The topological polar surface area (TPSA) is 69.7 Å². The number of nitrogens with zero attached hydrogens (tertiary/aromatic N) is 4. The summed E-state index contributed by atoms with van der Waals surface area (Å²) in [6, 6.07) is 10.1. The number of aromatic nitrogens is 4. The van der Waals surface area contributed by atoms with Crippen LogP contribution < -0.4 is 10.2 Å². The van der Waals surface area contributed by atoms with Gasteiger partial charge in [0.1, 0.15) is 11.3 Å². The van der Waals surface area contributed by atoms with E-state index in [-0.39, 0.29) is 0 Å². The zero-order valence-electron chi connectivity index (χ0n) is 17.8. The maximum atomic E-state index is 12.9. The van der Waals surface area contributed by atoms with E-state index in [2.05, 4.69) is 30.2 Å². The van der Waals surface area contributed by atoms with Crippen LogP contribution in [0.5, 0.6) is 0 Å². The highest BCUT2D eigenvalue weighted by Gasteiger charge is 2.30. The minimum absolute atomic E-state index is 0.355. The van der Waals surface area contributed by atoms with Crippen molar-refractivity contribution in [3.8, 4) is 0 Å². The summed E-state index contributed by atoms with van der Waals surface area (Å²) < 4.78 is 38.8. The van der Waals surface area contributed by atoms with Gasteiger partial charge >= 0.3 is 6.18 Å². The Bertz CT molecular complexity index is 1310. The smallest absolute Gasteiger partial charge is 0.341 e. The van der Waals surface area contributed by atoms with Gasteiger partial charge in [0.2, 0.25) is 5.95 Å². The highest BCUT2D eigenvalue weighted by Crippen LogP contribution is 2.32. The lowest BCUT2D eigenvalue weighted by Crippen LogP contribution is -2.20. The zero-order valence-corrected chi connectivity index (χ0v) is 19.3. The van der Waals surface area contributed by atoms with Gasteiger partial charge in [0.05, 0.1) is 5.56 Å². The maximum absolute atomic E-state index is 12.9. The van der Waals surface area contributed by atoms with Crippen LogP contribution in [-0.2, 0) is 12.6 Å². The van der Waals surface area contributed by atoms with E-state index in [1.165, 1.54) is 12.1 Å². The molecule has 176 valence electrons. The molecule has 2 aromatic carbocycles. The summed E-state index contributed by atoms with van der Waals surface area (Å²) in [6.07, 6.45) is -1.96. The number of fused-ring (bicyclic) bond motifs is 1. The molecule has 4 aromatic rings. The molecule has 2 aromatic heterocycles. The Balaban J connectivity index is 1.53. The molecule has 11 heteroatoms. The summed E-state index contributed by atoms with van der Waals surface area (Å²) in [4.78, 5) is 19.2. The van der Waals surface area contributed by atoms with Crippen molar-refractivity contribution >= 4 is 51.8 Å². The van der Waals surface area contributed by atoms with E-state index >= 15 is 0 Å². The number of nitrogens with one attached hydrogen (secondary N) is 2. The fourth-order valence-corrected chi connectivity index (χ4v) is 4.45. The first kappa shape index (κ1) is 22.7. The number of H-pyrrole nitrogens is 1. The van der Waals surface area contributed by atoms with Gasteiger partial charge in [0.25, 0.3) is 0 Å². The first-order valence-electron chi connectivity index (χ1n) is 10.7. The first-order chi connectivity index (χ1) is 16.3. The number of imidazole rings is 1. The van der Waals surface area contributed by atoms with Crippen molar-refractivity contribution in [1.29, 1.82) is 0 Å². The summed E-state index contributed by atoms with van der Waals surface area (Å²) in [7, 11) is 0. The third-order valence-electron chi connectivity index (χ3n) is 5.66. The van der Waals surface area contributed by atoms with Crippen molar-refractivity contribution in [2.24, 2.45) is 0 Å². The normalized spacial score (nSPS) is 14.2.